The lowest BCUT2D eigenvalue weighted by Gasteiger charge is -2.29. The molecule has 3 heterocycles. The number of hydrogen-bond acceptors (Lipinski definition) is 5. The van der Waals surface area contributed by atoms with Crippen LogP contribution < -0.4 is 5.32 Å². The van der Waals surface area contributed by atoms with E-state index in [0.29, 0.717) is 24.1 Å². The van der Waals surface area contributed by atoms with Crippen LogP contribution in [0.4, 0.5) is 5.82 Å². The number of aromatic nitrogens is 3. The zero-order chi connectivity index (χ0) is 21.2. The van der Waals surface area contributed by atoms with Crippen molar-refractivity contribution in [2.75, 3.05) is 18.5 Å². The molecule has 0 bridgehead atoms. The van der Waals surface area contributed by atoms with E-state index in [1.165, 1.54) is 29.8 Å². The highest BCUT2D eigenvalue weighted by Crippen LogP contribution is 2.30. The van der Waals surface area contributed by atoms with E-state index in [2.05, 4.69) is 44.1 Å². The number of aliphatic hydroxyl groups excluding tert-OH is 1. The predicted octanol–water partition coefficient (Wildman–Crippen LogP) is 4.09. The third kappa shape index (κ3) is 4.47. The Balaban J connectivity index is 1.33. The van der Waals surface area contributed by atoms with Crippen molar-refractivity contribution in [2.24, 2.45) is 0 Å². The van der Waals surface area contributed by atoms with Crippen molar-refractivity contribution in [1.29, 1.82) is 0 Å². The molecule has 7 heteroatoms. The summed E-state index contributed by atoms with van der Waals surface area (Å²) >= 11 is 6.46. The molecular formula is C24H27ClN4O2. The number of nitrogens with one attached hydrogen (secondary N) is 1. The monoisotopic (exact) mass is 438 g/mol. The summed E-state index contributed by atoms with van der Waals surface area (Å²) in [6.07, 6.45) is 8.56. The first-order chi connectivity index (χ1) is 15.2. The zero-order valence-corrected chi connectivity index (χ0v) is 18.2. The molecule has 0 amide bonds. The number of imidazole rings is 1. The van der Waals surface area contributed by atoms with Crippen LogP contribution in [0.25, 0.3) is 11.1 Å². The second kappa shape index (κ2) is 8.99. The number of anilines is 1. The fourth-order valence-corrected chi connectivity index (χ4v) is 4.69. The molecule has 6 nitrogen and oxygen atoms in total. The van der Waals surface area contributed by atoms with Gasteiger partial charge in [-0.15, -0.1) is 0 Å². The van der Waals surface area contributed by atoms with Gasteiger partial charge in [-0.2, -0.15) is 0 Å². The van der Waals surface area contributed by atoms with Gasteiger partial charge < -0.3 is 19.7 Å². The largest absolute Gasteiger partial charge is 0.389 e. The van der Waals surface area contributed by atoms with Crippen LogP contribution in [0.2, 0.25) is 5.02 Å². The smallest absolute Gasteiger partial charge is 0.126 e. The van der Waals surface area contributed by atoms with E-state index in [1.54, 1.807) is 6.20 Å². The van der Waals surface area contributed by atoms with Crippen molar-refractivity contribution in [3.05, 3.63) is 64.8 Å². The Kier molecular flexibility index (Phi) is 5.94. The third-order valence-electron chi connectivity index (χ3n) is 6.24. The van der Waals surface area contributed by atoms with Crippen LogP contribution in [0.5, 0.6) is 0 Å². The molecule has 0 radical (unpaired) electrons. The first-order valence-electron chi connectivity index (χ1n) is 11.0. The Morgan fingerprint density at radius 3 is 2.84 bits per heavy atom. The zero-order valence-electron chi connectivity index (χ0n) is 17.4. The van der Waals surface area contributed by atoms with E-state index >= 15 is 0 Å². The minimum Gasteiger partial charge on any atom is -0.389 e. The Morgan fingerprint density at radius 1 is 1.16 bits per heavy atom. The Bertz CT molecular complexity index is 1050. The summed E-state index contributed by atoms with van der Waals surface area (Å²) in [4.78, 5) is 8.99. The lowest BCUT2D eigenvalue weighted by atomic mass is 10.0. The molecular weight excluding hydrogens is 412 g/mol. The van der Waals surface area contributed by atoms with Gasteiger partial charge in [-0.25, -0.2) is 9.97 Å². The molecule has 2 aliphatic rings. The van der Waals surface area contributed by atoms with E-state index in [0.717, 1.165) is 36.9 Å². The number of ether oxygens (including phenoxy) is 1. The summed E-state index contributed by atoms with van der Waals surface area (Å²) in [5, 5.41) is 14.1. The molecule has 1 aromatic carbocycles. The fraction of sp³-hybridized carbons (Fsp3) is 0.417. The number of aryl methyl sites for hydroxylation is 1. The molecule has 3 aromatic rings. The topological polar surface area (TPSA) is 72.2 Å². The van der Waals surface area contributed by atoms with Gasteiger partial charge in [0, 0.05) is 30.6 Å². The van der Waals surface area contributed by atoms with Crippen LogP contribution >= 0.6 is 11.6 Å². The minimum atomic E-state index is -0.539. The number of pyridine rings is 1. The predicted molar refractivity (Wildman–Crippen MR) is 122 cm³/mol. The molecule has 2 N–H and O–H groups in total. The van der Waals surface area contributed by atoms with Gasteiger partial charge in [0.25, 0.3) is 0 Å². The number of halogens is 1. The van der Waals surface area contributed by atoms with Gasteiger partial charge in [-0.3, -0.25) is 0 Å². The summed E-state index contributed by atoms with van der Waals surface area (Å²) < 4.78 is 7.59. The SMILES string of the molecule is O[C@@H]1COCC[C@H]1Nc1cc(-c2ccc(Cn3cnc4c3CCCC4)cc2)c(Cl)cn1. The van der Waals surface area contributed by atoms with E-state index in [4.69, 9.17) is 16.3 Å². The molecule has 2 atom stereocenters. The van der Waals surface area contributed by atoms with Crippen LogP contribution in [-0.2, 0) is 24.1 Å². The van der Waals surface area contributed by atoms with Crippen LogP contribution in [0.15, 0.2) is 42.9 Å². The average molecular weight is 439 g/mol. The maximum absolute atomic E-state index is 10.1. The number of benzene rings is 1. The highest BCUT2D eigenvalue weighted by molar-refractivity contribution is 6.33. The Morgan fingerprint density at radius 2 is 2.00 bits per heavy atom. The number of nitrogens with zero attached hydrogens (tertiary/aromatic N) is 3. The molecule has 31 heavy (non-hydrogen) atoms. The average Bonchev–Trinajstić information content (AvgIpc) is 3.20. The number of fused-ring (bicyclic) bond motifs is 1. The normalized spacial score (nSPS) is 21.0. The maximum Gasteiger partial charge on any atom is 0.126 e. The molecule has 0 saturated carbocycles. The third-order valence-corrected chi connectivity index (χ3v) is 6.54. The van der Waals surface area contributed by atoms with Crippen LogP contribution in [0.3, 0.4) is 0 Å². The van der Waals surface area contributed by atoms with Crippen LogP contribution in [0, 0.1) is 0 Å². The summed E-state index contributed by atoms with van der Waals surface area (Å²) in [6.45, 7) is 1.82. The molecule has 1 aliphatic carbocycles. The Labute approximate surface area is 187 Å². The molecule has 2 aromatic heterocycles. The quantitative estimate of drug-likeness (QED) is 0.627. The van der Waals surface area contributed by atoms with Crippen molar-refractivity contribution in [3.8, 4) is 11.1 Å². The van der Waals surface area contributed by atoms with Gasteiger partial charge in [0.2, 0.25) is 0 Å². The van der Waals surface area contributed by atoms with Gasteiger partial charge in [0.15, 0.2) is 0 Å². The lowest BCUT2D eigenvalue weighted by molar-refractivity contribution is -0.0135. The van der Waals surface area contributed by atoms with Crippen molar-refractivity contribution >= 4 is 17.4 Å². The van der Waals surface area contributed by atoms with Gasteiger partial charge in [0.1, 0.15) is 5.82 Å². The van der Waals surface area contributed by atoms with Gasteiger partial charge >= 0.3 is 0 Å². The molecule has 1 saturated heterocycles. The van der Waals surface area contributed by atoms with Gasteiger partial charge in [-0.1, -0.05) is 35.9 Å². The standard InChI is InChI=1S/C24H27ClN4O2/c25-19-12-26-24(28-21-9-10-31-14-23(21)30)11-18(19)17-7-5-16(6-8-17)13-29-15-27-20-3-1-2-4-22(20)29/h5-8,11-12,15,21,23,30H,1-4,9-10,13-14H2,(H,26,28)/t21-,23-/m1/s1. The van der Waals surface area contributed by atoms with Crippen molar-refractivity contribution in [3.63, 3.8) is 0 Å². The van der Waals surface area contributed by atoms with Crippen LogP contribution in [0.1, 0.15) is 36.2 Å². The molecule has 1 fully saturated rings. The molecule has 1 aliphatic heterocycles. The number of hydrogen-bond donors (Lipinski definition) is 2. The Hall–Kier alpha value is -2.41. The van der Waals surface area contributed by atoms with E-state index < -0.39 is 6.10 Å². The van der Waals surface area contributed by atoms with Gasteiger partial charge in [0.05, 0.1) is 35.8 Å². The molecule has 0 unspecified atom stereocenters. The lowest BCUT2D eigenvalue weighted by Crippen LogP contribution is -2.42. The second-order valence-electron chi connectivity index (χ2n) is 8.40. The minimum absolute atomic E-state index is 0.0706. The highest BCUT2D eigenvalue weighted by Gasteiger charge is 2.24. The van der Waals surface area contributed by atoms with Crippen molar-refractivity contribution in [2.45, 2.75) is 50.8 Å². The van der Waals surface area contributed by atoms with E-state index in [1.807, 2.05) is 12.4 Å². The number of rotatable bonds is 5. The first kappa shape index (κ1) is 20.5. The number of aliphatic hydroxyl groups is 1. The first-order valence-corrected chi connectivity index (χ1v) is 11.4. The van der Waals surface area contributed by atoms with Crippen molar-refractivity contribution in [1.82, 2.24) is 14.5 Å². The van der Waals surface area contributed by atoms with Gasteiger partial charge in [-0.05, 0) is 49.3 Å². The summed E-state index contributed by atoms with van der Waals surface area (Å²) in [5.74, 6) is 0.708. The molecule has 162 valence electrons. The summed E-state index contributed by atoms with van der Waals surface area (Å²) in [5.41, 5.74) is 5.86. The maximum atomic E-state index is 10.1. The molecule has 0 spiro atoms. The fourth-order valence-electron chi connectivity index (χ4n) is 4.47. The highest BCUT2D eigenvalue weighted by atomic mass is 35.5. The van der Waals surface area contributed by atoms with E-state index in [-0.39, 0.29) is 6.04 Å². The summed E-state index contributed by atoms with van der Waals surface area (Å²) in [7, 11) is 0. The summed E-state index contributed by atoms with van der Waals surface area (Å²) in [6, 6.07) is 10.4. The molecule has 5 rings (SSSR count). The van der Waals surface area contributed by atoms with Crippen molar-refractivity contribution < 1.29 is 9.84 Å². The second-order valence-corrected chi connectivity index (χ2v) is 8.81. The van der Waals surface area contributed by atoms with Crippen LogP contribution in [-0.4, -0.2) is 45.0 Å². The van der Waals surface area contributed by atoms with E-state index in [9.17, 15) is 5.11 Å².